The minimum atomic E-state index is -4.61. The fourth-order valence-electron chi connectivity index (χ4n) is 2.37. The van der Waals surface area contributed by atoms with Crippen LogP contribution in [-0.2, 0) is 12.6 Å². The molecular weight excluding hydrogens is 360 g/mol. The van der Waals surface area contributed by atoms with Gasteiger partial charge >= 0.3 is 6.18 Å². The van der Waals surface area contributed by atoms with Gasteiger partial charge in [0.25, 0.3) is 0 Å². The number of alkyl halides is 3. The zero-order valence-electron chi connectivity index (χ0n) is 14.3. The van der Waals surface area contributed by atoms with E-state index in [1.54, 1.807) is 12.1 Å². The number of hydrogen-bond acceptors (Lipinski definition) is 4. The van der Waals surface area contributed by atoms with Crippen LogP contribution in [0.25, 0.3) is 0 Å². The molecule has 0 atom stereocenters. The first-order valence-corrected chi connectivity index (χ1v) is 8.18. The summed E-state index contributed by atoms with van der Waals surface area (Å²) in [5.41, 5.74) is 1.02. The second-order valence-corrected chi connectivity index (χ2v) is 5.76. The van der Waals surface area contributed by atoms with Crippen molar-refractivity contribution in [2.24, 2.45) is 0 Å². The van der Waals surface area contributed by atoms with Crippen LogP contribution in [0.4, 0.5) is 40.7 Å². The van der Waals surface area contributed by atoms with Crippen molar-refractivity contribution in [3.05, 3.63) is 71.7 Å². The number of halogens is 4. The van der Waals surface area contributed by atoms with Crippen LogP contribution in [0.1, 0.15) is 18.1 Å². The van der Waals surface area contributed by atoms with Crippen molar-refractivity contribution in [1.29, 1.82) is 0 Å². The van der Waals surface area contributed by atoms with Crippen LogP contribution >= 0.6 is 0 Å². The lowest BCUT2D eigenvalue weighted by Gasteiger charge is -2.15. The molecule has 1 heterocycles. The Hall–Kier alpha value is -3.16. The predicted molar refractivity (Wildman–Crippen MR) is 95.8 cm³/mol. The Morgan fingerprint density at radius 3 is 2.07 bits per heavy atom. The number of rotatable bonds is 5. The molecule has 0 aliphatic rings. The third-order valence-electron chi connectivity index (χ3n) is 3.82. The van der Waals surface area contributed by atoms with Gasteiger partial charge in [0.2, 0.25) is 5.95 Å². The largest absolute Gasteiger partial charge is 0.421 e. The molecule has 0 spiro atoms. The van der Waals surface area contributed by atoms with E-state index in [0.29, 0.717) is 17.6 Å². The van der Waals surface area contributed by atoms with E-state index in [4.69, 9.17) is 0 Å². The monoisotopic (exact) mass is 376 g/mol. The van der Waals surface area contributed by atoms with Crippen molar-refractivity contribution in [1.82, 2.24) is 9.97 Å². The average Bonchev–Trinajstić information content (AvgIpc) is 2.63. The number of hydrogen-bond donors (Lipinski definition) is 2. The van der Waals surface area contributed by atoms with E-state index < -0.39 is 17.6 Å². The average molecular weight is 376 g/mol. The quantitative estimate of drug-likeness (QED) is 0.562. The van der Waals surface area contributed by atoms with Crippen molar-refractivity contribution < 1.29 is 17.6 Å². The summed E-state index contributed by atoms with van der Waals surface area (Å²) in [5.74, 6) is -0.833. The first kappa shape index (κ1) is 18.6. The minimum absolute atomic E-state index is 0.0395. The minimum Gasteiger partial charge on any atom is -0.340 e. The number of nitrogens with zero attached hydrogens (tertiary/aromatic N) is 2. The topological polar surface area (TPSA) is 49.8 Å². The van der Waals surface area contributed by atoms with E-state index in [1.165, 1.54) is 24.3 Å². The molecule has 0 fully saturated rings. The highest BCUT2D eigenvalue weighted by Gasteiger charge is 2.35. The van der Waals surface area contributed by atoms with Crippen LogP contribution in [0.2, 0.25) is 0 Å². The van der Waals surface area contributed by atoms with Gasteiger partial charge < -0.3 is 10.6 Å². The molecule has 0 aliphatic carbocycles. The highest BCUT2D eigenvalue weighted by molar-refractivity contribution is 5.63. The summed E-state index contributed by atoms with van der Waals surface area (Å²) in [6.45, 7) is 1.99. The van der Waals surface area contributed by atoms with E-state index in [1.807, 2.05) is 19.1 Å². The van der Waals surface area contributed by atoms with Gasteiger partial charge in [-0.15, -0.1) is 0 Å². The van der Waals surface area contributed by atoms with Crippen LogP contribution in [0.15, 0.2) is 54.7 Å². The Bertz CT molecular complexity index is 906. The molecule has 27 heavy (non-hydrogen) atoms. The number of nitrogens with one attached hydrogen (secondary N) is 2. The molecule has 0 bridgehead atoms. The van der Waals surface area contributed by atoms with Gasteiger partial charge in [0.15, 0.2) is 0 Å². The summed E-state index contributed by atoms with van der Waals surface area (Å²) in [5, 5.41) is 5.45. The van der Waals surface area contributed by atoms with Gasteiger partial charge in [0.1, 0.15) is 17.2 Å². The molecule has 2 N–H and O–H groups in total. The molecule has 1 aromatic heterocycles. The number of aryl methyl sites for hydroxylation is 1. The number of anilines is 4. The van der Waals surface area contributed by atoms with E-state index in [-0.39, 0.29) is 11.8 Å². The van der Waals surface area contributed by atoms with Crippen LogP contribution in [0.5, 0.6) is 0 Å². The maximum absolute atomic E-state index is 13.3. The van der Waals surface area contributed by atoms with Crippen molar-refractivity contribution in [2.75, 3.05) is 10.6 Å². The van der Waals surface area contributed by atoms with E-state index in [2.05, 4.69) is 20.6 Å². The number of benzene rings is 2. The van der Waals surface area contributed by atoms with Gasteiger partial charge in [-0.25, -0.2) is 9.37 Å². The van der Waals surface area contributed by atoms with Crippen molar-refractivity contribution in [3.8, 4) is 0 Å². The Labute approximate surface area is 153 Å². The van der Waals surface area contributed by atoms with Gasteiger partial charge in [-0.2, -0.15) is 18.2 Å². The van der Waals surface area contributed by atoms with Gasteiger partial charge in [-0.05, 0) is 48.4 Å². The first-order chi connectivity index (χ1) is 12.8. The second-order valence-electron chi connectivity index (χ2n) is 5.76. The van der Waals surface area contributed by atoms with Crippen LogP contribution in [-0.4, -0.2) is 9.97 Å². The summed E-state index contributed by atoms with van der Waals surface area (Å²) in [4.78, 5) is 7.66. The van der Waals surface area contributed by atoms with Gasteiger partial charge in [0.05, 0.1) is 0 Å². The fourth-order valence-corrected chi connectivity index (χ4v) is 2.37. The molecule has 8 heteroatoms. The van der Waals surface area contributed by atoms with Crippen LogP contribution < -0.4 is 10.6 Å². The fraction of sp³-hybridized carbons (Fsp3) is 0.158. The summed E-state index contributed by atoms with van der Waals surface area (Å²) >= 11 is 0. The molecule has 0 amide bonds. The summed E-state index contributed by atoms with van der Waals surface area (Å²) in [7, 11) is 0. The van der Waals surface area contributed by atoms with Gasteiger partial charge in [0, 0.05) is 17.6 Å². The normalized spacial score (nSPS) is 11.3. The van der Waals surface area contributed by atoms with Crippen LogP contribution in [0, 0.1) is 5.82 Å². The molecule has 0 unspecified atom stereocenters. The molecule has 2 aromatic carbocycles. The molecule has 0 radical (unpaired) electrons. The zero-order chi connectivity index (χ0) is 19.4. The summed E-state index contributed by atoms with van der Waals surface area (Å²) in [6, 6.07) is 12.4. The highest BCUT2D eigenvalue weighted by atomic mass is 19.4. The van der Waals surface area contributed by atoms with Gasteiger partial charge in [-0.3, -0.25) is 0 Å². The van der Waals surface area contributed by atoms with Crippen molar-refractivity contribution >= 4 is 23.1 Å². The lowest BCUT2D eigenvalue weighted by atomic mass is 10.1. The van der Waals surface area contributed by atoms with E-state index in [9.17, 15) is 17.6 Å². The Kier molecular flexibility index (Phi) is 5.25. The van der Waals surface area contributed by atoms with Crippen molar-refractivity contribution in [2.45, 2.75) is 19.5 Å². The first-order valence-electron chi connectivity index (χ1n) is 8.18. The Morgan fingerprint density at radius 1 is 0.889 bits per heavy atom. The molecule has 0 saturated heterocycles. The van der Waals surface area contributed by atoms with Crippen LogP contribution in [0.3, 0.4) is 0 Å². The van der Waals surface area contributed by atoms with Crippen molar-refractivity contribution in [3.63, 3.8) is 0 Å². The Morgan fingerprint density at radius 2 is 1.48 bits per heavy atom. The number of aromatic nitrogens is 2. The molecule has 140 valence electrons. The summed E-state index contributed by atoms with van der Waals surface area (Å²) < 4.78 is 52.8. The highest BCUT2D eigenvalue weighted by Crippen LogP contribution is 2.35. The van der Waals surface area contributed by atoms with E-state index in [0.717, 1.165) is 12.0 Å². The smallest absolute Gasteiger partial charge is 0.340 e. The molecule has 3 aromatic rings. The molecule has 0 saturated carbocycles. The maximum atomic E-state index is 13.3. The molecular formula is C19H16F4N4. The van der Waals surface area contributed by atoms with Gasteiger partial charge in [-0.1, -0.05) is 19.1 Å². The molecule has 3 rings (SSSR count). The standard InChI is InChI=1S/C19H16F4N4/c1-2-12-3-7-14(8-4-12)25-17-16(19(21,22)23)11-24-18(27-17)26-15-9-5-13(20)6-10-15/h3-11H,2H2,1H3,(H2,24,25,26,27). The maximum Gasteiger partial charge on any atom is 0.421 e. The SMILES string of the molecule is CCc1ccc(Nc2nc(Nc3ccc(F)cc3)ncc2C(F)(F)F)cc1. The zero-order valence-corrected chi connectivity index (χ0v) is 14.3. The third-order valence-corrected chi connectivity index (χ3v) is 3.82. The second kappa shape index (κ2) is 7.61. The summed E-state index contributed by atoms with van der Waals surface area (Å²) in [6.07, 6.45) is -3.07. The lowest BCUT2D eigenvalue weighted by molar-refractivity contribution is -0.137. The molecule has 0 aliphatic heterocycles. The van der Waals surface area contributed by atoms with E-state index >= 15 is 0 Å². The lowest BCUT2D eigenvalue weighted by Crippen LogP contribution is -2.12. The predicted octanol–water partition coefficient (Wildman–Crippen LogP) is 5.68. The third kappa shape index (κ3) is 4.72. The molecule has 4 nitrogen and oxygen atoms in total. The Balaban J connectivity index is 1.91.